The average molecular weight is 419 g/mol. The van der Waals surface area contributed by atoms with E-state index in [1.165, 1.54) is 20.1 Å². The van der Waals surface area contributed by atoms with E-state index in [1.54, 1.807) is 48.5 Å². The fourth-order valence-electron chi connectivity index (χ4n) is 3.33. The van der Waals surface area contributed by atoms with Crippen molar-refractivity contribution in [3.8, 4) is 22.6 Å². The van der Waals surface area contributed by atoms with Crippen LogP contribution in [0, 0.1) is 10.1 Å². The van der Waals surface area contributed by atoms with Crippen LogP contribution in [0.25, 0.3) is 11.1 Å². The lowest BCUT2D eigenvalue weighted by Gasteiger charge is -2.12. The zero-order valence-electron chi connectivity index (χ0n) is 16.6. The Labute approximate surface area is 176 Å². The van der Waals surface area contributed by atoms with Gasteiger partial charge in [0.05, 0.1) is 34.7 Å². The van der Waals surface area contributed by atoms with Crippen molar-refractivity contribution in [1.29, 1.82) is 0 Å². The molecule has 2 N–H and O–H groups in total. The Morgan fingerprint density at radius 3 is 2.39 bits per heavy atom. The maximum Gasteiger partial charge on any atom is 0.310 e. The highest BCUT2D eigenvalue weighted by Crippen LogP contribution is 2.38. The van der Waals surface area contributed by atoms with Crippen molar-refractivity contribution >= 4 is 34.6 Å². The van der Waals surface area contributed by atoms with E-state index in [-0.39, 0.29) is 17.3 Å². The van der Waals surface area contributed by atoms with E-state index in [4.69, 9.17) is 9.47 Å². The number of nitro groups is 1. The lowest BCUT2D eigenvalue weighted by atomic mass is 10.0. The second kappa shape index (κ2) is 7.79. The van der Waals surface area contributed by atoms with Gasteiger partial charge in [0.15, 0.2) is 5.75 Å². The molecule has 0 aromatic heterocycles. The van der Waals surface area contributed by atoms with Crippen LogP contribution in [-0.4, -0.2) is 23.9 Å². The van der Waals surface area contributed by atoms with Crippen molar-refractivity contribution in [2.45, 2.75) is 6.92 Å². The van der Waals surface area contributed by atoms with Gasteiger partial charge in [-0.25, -0.2) is 0 Å². The summed E-state index contributed by atoms with van der Waals surface area (Å²) >= 11 is 0. The van der Waals surface area contributed by atoms with Crippen LogP contribution >= 0.6 is 0 Å². The smallest absolute Gasteiger partial charge is 0.310 e. The number of rotatable bonds is 4. The van der Waals surface area contributed by atoms with E-state index in [0.29, 0.717) is 33.9 Å². The third-order valence-corrected chi connectivity index (χ3v) is 4.74. The maximum absolute atomic E-state index is 12.7. The zero-order chi connectivity index (χ0) is 22.1. The highest BCUT2D eigenvalue weighted by atomic mass is 16.6. The van der Waals surface area contributed by atoms with Gasteiger partial charge < -0.3 is 20.1 Å². The number of anilines is 3. The van der Waals surface area contributed by atoms with Gasteiger partial charge in [-0.1, -0.05) is 6.07 Å². The van der Waals surface area contributed by atoms with Gasteiger partial charge >= 0.3 is 11.7 Å². The van der Waals surface area contributed by atoms with Gasteiger partial charge in [0.2, 0.25) is 0 Å². The third kappa shape index (κ3) is 3.88. The summed E-state index contributed by atoms with van der Waals surface area (Å²) in [5, 5.41) is 17.2. The van der Waals surface area contributed by atoms with Gasteiger partial charge in [-0.2, -0.15) is 0 Å². The van der Waals surface area contributed by atoms with Gasteiger partial charge in [0.25, 0.3) is 5.91 Å². The number of esters is 1. The van der Waals surface area contributed by atoms with Gasteiger partial charge in [0, 0.05) is 19.1 Å². The highest BCUT2D eigenvalue weighted by Gasteiger charge is 2.21. The second-order valence-electron chi connectivity index (χ2n) is 6.78. The molecule has 0 bridgehead atoms. The summed E-state index contributed by atoms with van der Waals surface area (Å²) < 4.78 is 10.2. The number of nitrogens with zero attached hydrogens (tertiary/aromatic N) is 1. The molecular weight excluding hydrogens is 402 g/mol. The molecule has 0 radical (unpaired) electrons. The van der Waals surface area contributed by atoms with Gasteiger partial charge in [0.1, 0.15) is 5.75 Å². The monoisotopic (exact) mass is 419 g/mol. The first-order valence-electron chi connectivity index (χ1n) is 9.23. The number of benzene rings is 3. The molecule has 3 aromatic carbocycles. The number of ether oxygens (including phenoxy) is 2. The number of carbonyl (C=O) groups is 2. The Bertz CT molecular complexity index is 1240. The first-order valence-corrected chi connectivity index (χ1v) is 9.23. The summed E-state index contributed by atoms with van der Waals surface area (Å²) in [7, 11) is 1.37. The van der Waals surface area contributed by atoms with Crippen LogP contribution in [0.3, 0.4) is 0 Å². The predicted molar refractivity (Wildman–Crippen MR) is 114 cm³/mol. The Balaban J connectivity index is 1.73. The molecule has 1 aliphatic rings. The second-order valence-corrected chi connectivity index (χ2v) is 6.78. The third-order valence-electron chi connectivity index (χ3n) is 4.74. The van der Waals surface area contributed by atoms with Crippen LogP contribution in [0.1, 0.15) is 17.3 Å². The molecule has 0 aliphatic carbocycles. The lowest BCUT2D eigenvalue weighted by Crippen LogP contribution is -2.11. The van der Waals surface area contributed by atoms with Crippen LogP contribution in [0.4, 0.5) is 22.7 Å². The van der Waals surface area contributed by atoms with Crippen LogP contribution in [0.2, 0.25) is 0 Å². The summed E-state index contributed by atoms with van der Waals surface area (Å²) in [4.78, 5) is 34.5. The molecule has 31 heavy (non-hydrogen) atoms. The number of methoxy groups -OCH3 is 1. The highest BCUT2D eigenvalue weighted by molar-refractivity contribution is 6.12. The Morgan fingerprint density at radius 2 is 1.68 bits per heavy atom. The quantitative estimate of drug-likeness (QED) is 0.276. The molecule has 1 amide bonds. The normalized spacial score (nSPS) is 11.9. The average Bonchev–Trinajstić information content (AvgIpc) is 2.87. The van der Waals surface area contributed by atoms with Gasteiger partial charge in [-0.05, 0) is 47.5 Å². The molecule has 1 aliphatic heterocycles. The topological polar surface area (TPSA) is 120 Å². The molecule has 0 saturated carbocycles. The van der Waals surface area contributed by atoms with E-state index in [2.05, 4.69) is 10.6 Å². The van der Waals surface area contributed by atoms with Gasteiger partial charge in [-0.15, -0.1) is 0 Å². The van der Waals surface area contributed by atoms with Crippen LogP contribution in [0.5, 0.6) is 11.5 Å². The molecule has 0 atom stereocenters. The minimum absolute atomic E-state index is 0.129. The minimum atomic E-state index is -0.507. The number of carbonyl (C=O) groups excluding carboxylic acids is 2. The fraction of sp³-hybridized carbons (Fsp3) is 0.0909. The lowest BCUT2D eigenvalue weighted by molar-refractivity contribution is -0.385. The van der Waals surface area contributed by atoms with Crippen LogP contribution in [0.15, 0.2) is 54.6 Å². The Hall–Kier alpha value is -4.40. The zero-order valence-corrected chi connectivity index (χ0v) is 16.6. The van der Waals surface area contributed by atoms with E-state index < -0.39 is 10.9 Å². The molecule has 0 fully saturated rings. The number of hydrogen-bond acceptors (Lipinski definition) is 7. The van der Waals surface area contributed by atoms with Crippen LogP contribution in [-0.2, 0) is 4.79 Å². The molecular formula is C22H17N3O6. The van der Waals surface area contributed by atoms with Crippen molar-refractivity contribution in [2.75, 3.05) is 17.7 Å². The number of nitrogens with one attached hydrogen (secondary N) is 2. The number of nitro benzene ring substituents is 1. The summed E-state index contributed by atoms with van der Waals surface area (Å²) in [5.41, 5.74) is 3.39. The summed E-state index contributed by atoms with van der Waals surface area (Å²) in [5.74, 6) is -0.321. The predicted octanol–water partition coefficient (Wildman–Crippen LogP) is 4.51. The number of hydrogen-bond donors (Lipinski definition) is 2. The molecule has 0 unspecified atom stereocenters. The Morgan fingerprint density at radius 1 is 0.935 bits per heavy atom. The molecule has 1 heterocycles. The molecule has 4 rings (SSSR count). The molecule has 0 spiro atoms. The van der Waals surface area contributed by atoms with Crippen LogP contribution < -0.4 is 20.1 Å². The Kier molecular flexibility index (Phi) is 5.00. The van der Waals surface area contributed by atoms with E-state index in [1.807, 2.05) is 0 Å². The van der Waals surface area contributed by atoms with E-state index in [0.717, 1.165) is 5.56 Å². The van der Waals surface area contributed by atoms with Gasteiger partial charge in [-0.3, -0.25) is 19.7 Å². The minimum Gasteiger partial charge on any atom is -0.490 e. The molecule has 3 aromatic rings. The number of fused-ring (bicyclic) bond motifs is 2. The maximum atomic E-state index is 12.7. The summed E-state index contributed by atoms with van der Waals surface area (Å²) in [6.07, 6.45) is 0. The first-order chi connectivity index (χ1) is 14.9. The van der Waals surface area contributed by atoms with Crippen molar-refractivity contribution in [1.82, 2.24) is 0 Å². The van der Waals surface area contributed by atoms with Crippen molar-refractivity contribution < 1.29 is 24.0 Å². The summed E-state index contributed by atoms with van der Waals surface area (Å²) in [6.45, 7) is 1.30. The first kappa shape index (κ1) is 19.9. The summed E-state index contributed by atoms with van der Waals surface area (Å²) in [6, 6.07) is 14.7. The molecule has 9 nitrogen and oxygen atoms in total. The number of amides is 1. The van der Waals surface area contributed by atoms with E-state index >= 15 is 0 Å². The standard InChI is InChI=1S/C22H17N3O6/c1-12(26)31-15-5-7-17-19(11-15)24-22(27)16-6-3-13(9-18(16)23-17)14-4-8-20(25(28)29)21(10-14)30-2/h3-11,23H,1-2H3,(H,24,27). The van der Waals surface area contributed by atoms with Crippen molar-refractivity contribution in [3.05, 3.63) is 70.3 Å². The largest absolute Gasteiger partial charge is 0.490 e. The fourth-order valence-corrected chi connectivity index (χ4v) is 3.33. The molecule has 9 heteroatoms. The molecule has 156 valence electrons. The van der Waals surface area contributed by atoms with Crippen molar-refractivity contribution in [3.63, 3.8) is 0 Å². The van der Waals surface area contributed by atoms with E-state index in [9.17, 15) is 19.7 Å². The SMILES string of the molecule is COc1cc(-c2ccc3c(c2)Nc2ccc(OC(C)=O)cc2NC3=O)ccc1[N+](=O)[O-]. The molecule has 0 saturated heterocycles. The van der Waals surface area contributed by atoms with Crippen molar-refractivity contribution in [2.24, 2.45) is 0 Å².